The number of rotatable bonds is 7. The average Bonchev–Trinajstić information content (AvgIpc) is 2.84. The summed E-state index contributed by atoms with van der Waals surface area (Å²) in [5, 5.41) is 5.94. The number of carbonyl (C=O) groups excluding carboxylic acids is 2. The number of esters is 1. The van der Waals surface area contributed by atoms with Gasteiger partial charge in [0.1, 0.15) is 11.5 Å². The number of amides is 1. The molecule has 1 N–H and O–H groups in total. The molecule has 0 aromatic heterocycles. The van der Waals surface area contributed by atoms with Crippen LogP contribution >= 0.6 is 22.6 Å². The fourth-order valence-electron chi connectivity index (χ4n) is 3.09. The lowest BCUT2D eigenvalue weighted by molar-refractivity contribution is -0.123. The molecule has 164 valence electrons. The SMILES string of the molecule is O=C(COc1cccc2ccccc12)NN=Cc1ccc(OC(=O)c2ccccc2I)cc1. The smallest absolute Gasteiger partial charge is 0.344 e. The highest BCUT2D eigenvalue weighted by Gasteiger charge is 2.11. The van der Waals surface area contributed by atoms with Crippen LogP contribution in [0.3, 0.4) is 0 Å². The highest BCUT2D eigenvalue weighted by atomic mass is 127. The summed E-state index contributed by atoms with van der Waals surface area (Å²) in [5.74, 6) is 0.272. The molecule has 0 aliphatic rings. The maximum atomic E-state index is 12.3. The zero-order valence-corrected chi connectivity index (χ0v) is 19.6. The molecule has 33 heavy (non-hydrogen) atoms. The molecule has 4 aromatic rings. The summed E-state index contributed by atoms with van der Waals surface area (Å²) >= 11 is 2.09. The molecule has 0 spiro atoms. The van der Waals surface area contributed by atoms with Gasteiger partial charge in [0.2, 0.25) is 0 Å². The van der Waals surface area contributed by atoms with Crippen LogP contribution in [0, 0.1) is 3.57 Å². The minimum atomic E-state index is -0.417. The van der Waals surface area contributed by atoms with E-state index in [9.17, 15) is 9.59 Å². The number of ether oxygens (including phenoxy) is 2. The molecule has 0 saturated heterocycles. The monoisotopic (exact) mass is 550 g/mol. The summed E-state index contributed by atoms with van der Waals surface area (Å²) in [6.45, 7) is -0.154. The Morgan fingerprint density at radius 2 is 1.61 bits per heavy atom. The van der Waals surface area contributed by atoms with Crippen molar-refractivity contribution in [2.75, 3.05) is 6.61 Å². The van der Waals surface area contributed by atoms with E-state index in [2.05, 4.69) is 33.1 Å². The number of nitrogens with one attached hydrogen (secondary N) is 1. The molecule has 7 heteroatoms. The van der Waals surface area contributed by atoms with E-state index in [-0.39, 0.29) is 12.5 Å². The number of hydrazone groups is 1. The van der Waals surface area contributed by atoms with E-state index in [1.54, 1.807) is 36.4 Å². The predicted octanol–water partition coefficient (Wildman–Crippen LogP) is 5.19. The first-order valence-corrected chi connectivity index (χ1v) is 11.2. The molecule has 0 bridgehead atoms. The fourth-order valence-corrected chi connectivity index (χ4v) is 3.69. The molecule has 0 heterocycles. The van der Waals surface area contributed by atoms with E-state index in [0.29, 0.717) is 17.1 Å². The molecule has 0 unspecified atom stereocenters. The lowest BCUT2D eigenvalue weighted by atomic mass is 10.1. The lowest BCUT2D eigenvalue weighted by Crippen LogP contribution is -2.24. The summed E-state index contributed by atoms with van der Waals surface area (Å²) in [6, 6.07) is 27.5. The van der Waals surface area contributed by atoms with Crippen molar-refractivity contribution in [1.82, 2.24) is 5.43 Å². The van der Waals surface area contributed by atoms with Gasteiger partial charge < -0.3 is 9.47 Å². The summed E-state index contributed by atoms with van der Waals surface area (Å²) in [5.41, 5.74) is 3.69. The topological polar surface area (TPSA) is 77.0 Å². The molecule has 0 aliphatic heterocycles. The van der Waals surface area contributed by atoms with Crippen molar-refractivity contribution in [1.29, 1.82) is 0 Å². The molecule has 4 aromatic carbocycles. The third-order valence-electron chi connectivity index (χ3n) is 4.70. The van der Waals surface area contributed by atoms with Gasteiger partial charge in [0, 0.05) is 8.96 Å². The molecule has 0 radical (unpaired) electrons. The van der Waals surface area contributed by atoms with Gasteiger partial charge in [-0.1, -0.05) is 48.5 Å². The normalized spacial score (nSPS) is 10.8. The predicted molar refractivity (Wildman–Crippen MR) is 136 cm³/mol. The molecule has 0 atom stereocenters. The number of hydrogen-bond donors (Lipinski definition) is 1. The van der Waals surface area contributed by atoms with Crippen LogP contribution in [-0.2, 0) is 4.79 Å². The number of nitrogens with zero attached hydrogens (tertiary/aromatic N) is 1. The summed E-state index contributed by atoms with van der Waals surface area (Å²) in [7, 11) is 0. The van der Waals surface area contributed by atoms with E-state index in [1.807, 2.05) is 54.6 Å². The Kier molecular flexibility index (Phi) is 7.31. The van der Waals surface area contributed by atoms with Gasteiger partial charge in [-0.05, 0) is 76.0 Å². The van der Waals surface area contributed by atoms with Crippen LogP contribution in [0.4, 0.5) is 0 Å². The van der Waals surface area contributed by atoms with Gasteiger partial charge in [-0.2, -0.15) is 5.10 Å². The molecule has 0 fully saturated rings. The van der Waals surface area contributed by atoms with E-state index in [0.717, 1.165) is 19.9 Å². The quantitative estimate of drug-likeness (QED) is 0.113. The van der Waals surface area contributed by atoms with Crippen molar-refractivity contribution in [2.24, 2.45) is 5.10 Å². The summed E-state index contributed by atoms with van der Waals surface area (Å²) in [4.78, 5) is 24.4. The van der Waals surface area contributed by atoms with Gasteiger partial charge in [-0.25, -0.2) is 10.2 Å². The van der Waals surface area contributed by atoms with Crippen LogP contribution in [0.25, 0.3) is 10.8 Å². The van der Waals surface area contributed by atoms with Crippen molar-refractivity contribution < 1.29 is 19.1 Å². The van der Waals surface area contributed by atoms with Crippen LogP contribution in [-0.4, -0.2) is 24.7 Å². The number of benzene rings is 4. The van der Waals surface area contributed by atoms with Crippen LogP contribution in [0.2, 0.25) is 0 Å². The molecule has 6 nitrogen and oxygen atoms in total. The Hall–Kier alpha value is -3.72. The van der Waals surface area contributed by atoms with Gasteiger partial charge in [0.05, 0.1) is 11.8 Å². The largest absolute Gasteiger partial charge is 0.483 e. The van der Waals surface area contributed by atoms with Gasteiger partial charge in [0.15, 0.2) is 6.61 Å². The lowest BCUT2D eigenvalue weighted by Gasteiger charge is -2.08. The Balaban J connectivity index is 1.28. The van der Waals surface area contributed by atoms with Crippen LogP contribution in [0.15, 0.2) is 96.1 Å². The molecular weight excluding hydrogens is 531 g/mol. The van der Waals surface area contributed by atoms with E-state index < -0.39 is 5.97 Å². The minimum Gasteiger partial charge on any atom is -0.483 e. The first-order chi connectivity index (χ1) is 16.1. The Bertz CT molecular complexity index is 1310. The Morgan fingerprint density at radius 1 is 0.879 bits per heavy atom. The van der Waals surface area contributed by atoms with Crippen LogP contribution < -0.4 is 14.9 Å². The minimum absolute atomic E-state index is 0.154. The second-order valence-electron chi connectivity index (χ2n) is 7.00. The number of carbonyl (C=O) groups is 2. The van der Waals surface area contributed by atoms with Gasteiger partial charge in [0.25, 0.3) is 5.91 Å². The third kappa shape index (κ3) is 5.95. The van der Waals surface area contributed by atoms with E-state index in [1.165, 1.54) is 6.21 Å². The Morgan fingerprint density at radius 3 is 2.42 bits per heavy atom. The van der Waals surface area contributed by atoms with Crippen molar-refractivity contribution >= 4 is 51.5 Å². The zero-order chi connectivity index (χ0) is 23.0. The van der Waals surface area contributed by atoms with Gasteiger partial charge in [-0.15, -0.1) is 0 Å². The van der Waals surface area contributed by atoms with Gasteiger partial charge >= 0.3 is 5.97 Å². The fraction of sp³-hybridized carbons (Fsp3) is 0.0385. The summed E-state index contributed by atoms with van der Waals surface area (Å²) in [6.07, 6.45) is 1.50. The highest BCUT2D eigenvalue weighted by molar-refractivity contribution is 14.1. The third-order valence-corrected chi connectivity index (χ3v) is 5.64. The number of halogens is 1. The van der Waals surface area contributed by atoms with E-state index >= 15 is 0 Å². The van der Waals surface area contributed by atoms with Crippen LogP contribution in [0.5, 0.6) is 11.5 Å². The average molecular weight is 550 g/mol. The maximum absolute atomic E-state index is 12.3. The first kappa shape index (κ1) is 22.5. The van der Waals surface area contributed by atoms with Crippen LogP contribution in [0.1, 0.15) is 15.9 Å². The van der Waals surface area contributed by atoms with Crippen molar-refractivity contribution in [3.05, 3.63) is 106 Å². The van der Waals surface area contributed by atoms with Crippen molar-refractivity contribution in [2.45, 2.75) is 0 Å². The molecule has 0 saturated carbocycles. The van der Waals surface area contributed by atoms with Crippen molar-refractivity contribution in [3.63, 3.8) is 0 Å². The van der Waals surface area contributed by atoms with E-state index in [4.69, 9.17) is 9.47 Å². The number of hydrogen-bond acceptors (Lipinski definition) is 5. The summed E-state index contributed by atoms with van der Waals surface area (Å²) < 4.78 is 11.9. The first-order valence-electron chi connectivity index (χ1n) is 10.1. The molecule has 1 amide bonds. The standard InChI is InChI=1S/C26H19IN2O4/c27-23-10-4-3-9-22(23)26(31)33-20-14-12-18(13-15-20)16-28-29-25(30)17-32-24-11-5-7-19-6-1-2-8-21(19)24/h1-16H,17H2,(H,29,30). The second-order valence-corrected chi connectivity index (χ2v) is 8.16. The maximum Gasteiger partial charge on any atom is 0.344 e. The molecule has 0 aliphatic carbocycles. The second kappa shape index (κ2) is 10.7. The van der Waals surface area contributed by atoms with Crippen molar-refractivity contribution in [3.8, 4) is 11.5 Å². The Labute approximate surface area is 204 Å². The molecule has 4 rings (SSSR count). The van der Waals surface area contributed by atoms with Gasteiger partial charge in [-0.3, -0.25) is 4.79 Å². The zero-order valence-electron chi connectivity index (χ0n) is 17.4. The molecular formula is C26H19IN2O4. The highest BCUT2D eigenvalue weighted by Crippen LogP contribution is 2.25. The number of fused-ring (bicyclic) bond motifs is 1.